The lowest BCUT2D eigenvalue weighted by molar-refractivity contribution is 0.928. The molecule has 0 aliphatic rings. The van der Waals surface area contributed by atoms with Gasteiger partial charge in [0.2, 0.25) is 0 Å². The Kier molecular flexibility index (Phi) is 4.95. The van der Waals surface area contributed by atoms with Crippen LogP contribution in [0.15, 0.2) is 59.9 Å². The standard InChI is InChI=1S/C8H9N.C5H7N/c1-9-7-8-5-3-2-4-6-8;1-6-4-2-3-5-6/h2-7H,1H3;2-5H,1H3. The van der Waals surface area contributed by atoms with Gasteiger partial charge in [-0.3, -0.25) is 4.99 Å². The van der Waals surface area contributed by atoms with Crippen LogP contribution < -0.4 is 0 Å². The summed E-state index contributed by atoms with van der Waals surface area (Å²) in [5.74, 6) is 0. The predicted octanol–water partition coefficient (Wildman–Crippen LogP) is 2.76. The van der Waals surface area contributed by atoms with E-state index < -0.39 is 0 Å². The van der Waals surface area contributed by atoms with Crippen LogP contribution in [0, 0.1) is 0 Å². The van der Waals surface area contributed by atoms with Gasteiger partial charge < -0.3 is 4.57 Å². The summed E-state index contributed by atoms with van der Waals surface area (Å²) in [6, 6.07) is 14.0. The van der Waals surface area contributed by atoms with E-state index in [1.165, 1.54) is 0 Å². The fraction of sp³-hybridized carbons (Fsp3) is 0.154. The summed E-state index contributed by atoms with van der Waals surface area (Å²) < 4.78 is 2.00. The second kappa shape index (κ2) is 6.60. The zero-order chi connectivity index (χ0) is 10.9. The molecule has 0 spiro atoms. The average molecular weight is 200 g/mol. The molecular formula is C13H16N2. The van der Waals surface area contributed by atoms with Gasteiger partial charge >= 0.3 is 0 Å². The first-order chi connectivity index (χ1) is 7.33. The minimum absolute atomic E-state index is 1.15. The number of aromatic nitrogens is 1. The zero-order valence-electron chi connectivity index (χ0n) is 9.17. The third kappa shape index (κ3) is 4.81. The average Bonchev–Trinajstić information content (AvgIpc) is 2.72. The third-order valence-corrected chi connectivity index (χ3v) is 1.83. The molecule has 2 nitrogen and oxygen atoms in total. The van der Waals surface area contributed by atoms with Crippen molar-refractivity contribution in [3.05, 3.63) is 60.4 Å². The number of hydrogen-bond donors (Lipinski definition) is 0. The maximum absolute atomic E-state index is 3.88. The molecule has 0 radical (unpaired) electrons. The lowest BCUT2D eigenvalue weighted by Crippen LogP contribution is -1.75. The molecule has 2 rings (SSSR count). The summed E-state index contributed by atoms with van der Waals surface area (Å²) in [6.07, 6.45) is 5.83. The summed E-state index contributed by atoms with van der Waals surface area (Å²) in [4.78, 5) is 3.88. The number of hydrogen-bond acceptors (Lipinski definition) is 1. The van der Waals surface area contributed by atoms with Crippen LogP contribution in [0.3, 0.4) is 0 Å². The van der Waals surface area contributed by atoms with E-state index in [1.54, 1.807) is 7.05 Å². The van der Waals surface area contributed by atoms with E-state index >= 15 is 0 Å². The lowest BCUT2D eigenvalue weighted by Gasteiger charge is -1.86. The second-order valence-electron chi connectivity index (χ2n) is 3.15. The van der Waals surface area contributed by atoms with E-state index in [4.69, 9.17) is 0 Å². The van der Waals surface area contributed by atoms with Crippen molar-refractivity contribution >= 4 is 6.21 Å². The van der Waals surface area contributed by atoms with Crippen molar-refractivity contribution in [1.82, 2.24) is 4.57 Å². The van der Waals surface area contributed by atoms with Crippen LogP contribution in [0.2, 0.25) is 0 Å². The van der Waals surface area contributed by atoms with Crippen LogP contribution in [0.4, 0.5) is 0 Å². The van der Waals surface area contributed by atoms with E-state index in [1.807, 2.05) is 72.7 Å². The Balaban J connectivity index is 0.000000162. The highest BCUT2D eigenvalue weighted by Crippen LogP contribution is 1.92. The minimum Gasteiger partial charge on any atom is -0.357 e. The molecule has 78 valence electrons. The van der Waals surface area contributed by atoms with E-state index in [2.05, 4.69) is 4.99 Å². The zero-order valence-corrected chi connectivity index (χ0v) is 9.17. The Morgan fingerprint density at radius 2 is 1.60 bits per heavy atom. The number of aryl methyl sites for hydroxylation is 1. The maximum Gasteiger partial charge on any atom is 0.0281 e. The fourth-order valence-electron chi connectivity index (χ4n) is 1.11. The van der Waals surface area contributed by atoms with Crippen LogP contribution in [0.25, 0.3) is 0 Å². The molecule has 0 fully saturated rings. The summed E-state index contributed by atoms with van der Waals surface area (Å²) in [5, 5.41) is 0. The molecule has 0 saturated heterocycles. The highest BCUT2D eigenvalue weighted by atomic mass is 14.9. The molecule has 0 unspecified atom stereocenters. The van der Waals surface area contributed by atoms with Crippen molar-refractivity contribution in [2.75, 3.05) is 7.05 Å². The Bertz CT molecular complexity index is 374. The summed E-state index contributed by atoms with van der Waals surface area (Å²) in [6.45, 7) is 0. The first-order valence-corrected chi connectivity index (χ1v) is 4.87. The number of rotatable bonds is 1. The van der Waals surface area contributed by atoms with Crippen molar-refractivity contribution in [2.45, 2.75) is 0 Å². The molecular weight excluding hydrogens is 184 g/mol. The quantitative estimate of drug-likeness (QED) is 0.630. The highest BCUT2D eigenvalue weighted by molar-refractivity contribution is 5.79. The maximum atomic E-state index is 3.88. The van der Waals surface area contributed by atoms with E-state index in [0.717, 1.165) is 5.56 Å². The van der Waals surface area contributed by atoms with Gasteiger partial charge in [0.1, 0.15) is 0 Å². The molecule has 0 bridgehead atoms. The van der Waals surface area contributed by atoms with Gasteiger partial charge in [-0.1, -0.05) is 30.3 Å². The lowest BCUT2D eigenvalue weighted by atomic mass is 10.2. The van der Waals surface area contributed by atoms with E-state index in [0.29, 0.717) is 0 Å². The van der Waals surface area contributed by atoms with Gasteiger partial charge in [-0.05, 0) is 17.7 Å². The first kappa shape index (κ1) is 11.2. The Hall–Kier alpha value is -1.83. The molecule has 2 heteroatoms. The molecule has 0 saturated carbocycles. The fourth-order valence-corrected chi connectivity index (χ4v) is 1.11. The van der Waals surface area contributed by atoms with Crippen molar-refractivity contribution < 1.29 is 0 Å². The molecule has 0 aliphatic heterocycles. The molecule has 0 amide bonds. The van der Waals surface area contributed by atoms with Gasteiger partial charge in [0.25, 0.3) is 0 Å². The Morgan fingerprint density at radius 1 is 1.00 bits per heavy atom. The summed E-state index contributed by atoms with van der Waals surface area (Å²) in [7, 11) is 3.77. The smallest absolute Gasteiger partial charge is 0.0281 e. The van der Waals surface area contributed by atoms with Gasteiger partial charge in [0.05, 0.1) is 0 Å². The van der Waals surface area contributed by atoms with Gasteiger partial charge in [-0.15, -0.1) is 0 Å². The number of nitrogens with zero attached hydrogens (tertiary/aromatic N) is 2. The molecule has 15 heavy (non-hydrogen) atoms. The molecule has 0 N–H and O–H groups in total. The van der Waals surface area contributed by atoms with Gasteiger partial charge in [-0.2, -0.15) is 0 Å². The Labute approximate surface area is 90.9 Å². The normalized spacial score (nSPS) is 9.73. The number of benzene rings is 1. The van der Waals surface area contributed by atoms with Crippen molar-refractivity contribution in [1.29, 1.82) is 0 Å². The van der Waals surface area contributed by atoms with Crippen LogP contribution in [-0.2, 0) is 7.05 Å². The van der Waals surface area contributed by atoms with Crippen LogP contribution in [-0.4, -0.2) is 17.8 Å². The van der Waals surface area contributed by atoms with E-state index in [-0.39, 0.29) is 0 Å². The third-order valence-electron chi connectivity index (χ3n) is 1.83. The molecule has 1 heterocycles. The Morgan fingerprint density at radius 3 is 2.00 bits per heavy atom. The van der Waals surface area contributed by atoms with Gasteiger partial charge in [-0.25, -0.2) is 0 Å². The minimum atomic E-state index is 1.15. The van der Waals surface area contributed by atoms with Crippen LogP contribution >= 0.6 is 0 Å². The van der Waals surface area contributed by atoms with Crippen molar-refractivity contribution in [3.63, 3.8) is 0 Å². The predicted molar refractivity (Wildman–Crippen MR) is 65.4 cm³/mol. The first-order valence-electron chi connectivity index (χ1n) is 4.87. The topological polar surface area (TPSA) is 17.3 Å². The molecule has 0 aliphatic carbocycles. The van der Waals surface area contributed by atoms with Gasteiger partial charge in [0, 0.05) is 32.7 Å². The van der Waals surface area contributed by atoms with Crippen LogP contribution in [0.5, 0.6) is 0 Å². The summed E-state index contributed by atoms with van der Waals surface area (Å²) >= 11 is 0. The molecule has 1 aromatic carbocycles. The van der Waals surface area contributed by atoms with Crippen LogP contribution in [0.1, 0.15) is 5.56 Å². The van der Waals surface area contributed by atoms with Crippen molar-refractivity contribution in [2.24, 2.45) is 12.0 Å². The molecule has 1 aromatic heterocycles. The monoisotopic (exact) mass is 200 g/mol. The largest absolute Gasteiger partial charge is 0.357 e. The van der Waals surface area contributed by atoms with E-state index in [9.17, 15) is 0 Å². The van der Waals surface area contributed by atoms with Gasteiger partial charge in [0.15, 0.2) is 0 Å². The SMILES string of the molecule is CN=Cc1ccccc1.Cn1cccc1. The molecule has 2 aromatic rings. The van der Waals surface area contributed by atoms with Crippen molar-refractivity contribution in [3.8, 4) is 0 Å². The number of aliphatic imine (C=N–C) groups is 1. The molecule has 0 atom stereocenters. The highest BCUT2D eigenvalue weighted by Gasteiger charge is 1.78. The second-order valence-corrected chi connectivity index (χ2v) is 3.15. The summed E-state index contributed by atoms with van der Waals surface area (Å²) in [5.41, 5.74) is 1.15.